The fourth-order valence-corrected chi connectivity index (χ4v) is 3.28. The molecule has 2 heterocycles. The van der Waals surface area contributed by atoms with Crippen molar-refractivity contribution in [3.8, 4) is 0 Å². The molecule has 1 saturated heterocycles. The molecule has 1 aromatic rings. The van der Waals surface area contributed by atoms with Crippen LogP contribution in [-0.2, 0) is 13.0 Å². The Morgan fingerprint density at radius 2 is 2.17 bits per heavy atom. The number of rotatable bonds is 1. The highest BCUT2D eigenvalue weighted by Crippen LogP contribution is 2.29. The number of nitrogens with one attached hydrogen (secondary N) is 1. The van der Waals surface area contributed by atoms with E-state index in [0.717, 1.165) is 19.6 Å². The molecule has 0 bridgehead atoms. The number of anilines is 1. The van der Waals surface area contributed by atoms with Gasteiger partial charge >= 0.3 is 0 Å². The minimum Gasteiger partial charge on any atom is -0.366 e. The van der Waals surface area contributed by atoms with Crippen LogP contribution in [0.25, 0.3) is 0 Å². The van der Waals surface area contributed by atoms with E-state index in [2.05, 4.69) is 47.3 Å². The van der Waals surface area contributed by atoms with Crippen LogP contribution in [0.2, 0.25) is 0 Å². The molecule has 0 spiro atoms. The Hall–Kier alpha value is -1.06. The second-order valence-corrected chi connectivity index (χ2v) is 5.65. The number of fused-ring (bicyclic) bond motifs is 1. The Morgan fingerprint density at radius 1 is 1.28 bits per heavy atom. The number of piperazine rings is 1. The first-order valence-corrected chi connectivity index (χ1v) is 7.02. The van der Waals surface area contributed by atoms with Gasteiger partial charge in [-0.05, 0) is 44.1 Å². The van der Waals surface area contributed by atoms with E-state index >= 15 is 0 Å². The molecule has 3 rings (SSSR count). The van der Waals surface area contributed by atoms with Crippen molar-refractivity contribution in [1.82, 2.24) is 10.2 Å². The van der Waals surface area contributed by atoms with Crippen LogP contribution in [0.3, 0.4) is 0 Å². The average Bonchev–Trinajstić information content (AvgIpc) is 2.38. The maximum absolute atomic E-state index is 3.46. The van der Waals surface area contributed by atoms with Crippen LogP contribution in [0.4, 0.5) is 5.69 Å². The number of hydrogen-bond acceptors (Lipinski definition) is 3. The molecule has 98 valence electrons. The predicted octanol–water partition coefficient (Wildman–Crippen LogP) is 1.47. The summed E-state index contributed by atoms with van der Waals surface area (Å²) in [6, 6.07) is 7.41. The third kappa shape index (κ3) is 2.13. The Kier molecular flexibility index (Phi) is 3.27. The van der Waals surface area contributed by atoms with Gasteiger partial charge in [-0.2, -0.15) is 0 Å². The van der Waals surface area contributed by atoms with Crippen molar-refractivity contribution < 1.29 is 0 Å². The molecule has 1 N–H and O–H groups in total. The highest BCUT2D eigenvalue weighted by Gasteiger charge is 2.24. The molecule has 1 fully saturated rings. The summed E-state index contributed by atoms with van der Waals surface area (Å²) < 4.78 is 0. The van der Waals surface area contributed by atoms with E-state index in [9.17, 15) is 0 Å². The van der Waals surface area contributed by atoms with Gasteiger partial charge in [0.1, 0.15) is 0 Å². The van der Waals surface area contributed by atoms with E-state index in [0.29, 0.717) is 6.04 Å². The smallest absolute Gasteiger partial charge is 0.0405 e. The highest BCUT2D eigenvalue weighted by molar-refractivity contribution is 5.58. The Balaban J connectivity index is 1.92. The molecule has 1 unspecified atom stereocenters. The van der Waals surface area contributed by atoms with Crippen molar-refractivity contribution in [3.05, 3.63) is 29.3 Å². The van der Waals surface area contributed by atoms with Crippen molar-refractivity contribution in [2.75, 3.05) is 38.1 Å². The molecule has 3 heteroatoms. The fourth-order valence-electron chi connectivity index (χ4n) is 3.28. The lowest BCUT2D eigenvalue weighted by atomic mass is 9.97. The van der Waals surface area contributed by atoms with E-state index in [1.165, 1.54) is 30.8 Å². The highest BCUT2D eigenvalue weighted by atomic mass is 15.3. The van der Waals surface area contributed by atoms with Crippen LogP contribution < -0.4 is 10.2 Å². The van der Waals surface area contributed by atoms with E-state index in [-0.39, 0.29) is 0 Å². The lowest BCUT2D eigenvalue weighted by Gasteiger charge is -2.41. The van der Waals surface area contributed by atoms with Gasteiger partial charge < -0.3 is 15.1 Å². The van der Waals surface area contributed by atoms with Crippen molar-refractivity contribution in [3.63, 3.8) is 0 Å². The molecule has 1 atom stereocenters. The van der Waals surface area contributed by atoms with Gasteiger partial charge in [0, 0.05) is 37.9 Å². The second kappa shape index (κ2) is 4.90. The Bertz CT molecular complexity index is 430. The van der Waals surface area contributed by atoms with Gasteiger partial charge in [-0.25, -0.2) is 0 Å². The molecule has 0 amide bonds. The normalized spacial score (nSPS) is 25.0. The first kappa shape index (κ1) is 12.0. The lowest BCUT2D eigenvalue weighted by Crippen LogP contribution is -2.51. The third-order valence-corrected chi connectivity index (χ3v) is 4.26. The summed E-state index contributed by atoms with van der Waals surface area (Å²) in [7, 11) is 2.22. The molecule has 2 aliphatic heterocycles. The first-order chi connectivity index (χ1) is 8.75. The number of likely N-dealkylation sites (N-methyl/N-ethyl adjacent to an activating group) is 1. The third-order valence-electron chi connectivity index (χ3n) is 4.26. The summed E-state index contributed by atoms with van der Waals surface area (Å²) in [6.45, 7) is 7.99. The van der Waals surface area contributed by atoms with E-state index in [4.69, 9.17) is 0 Å². The summed E-state index contributed by atoms with van der Waals surface area (Å²) in [6.07, 6.45) is 1.17. The first-order valence-electron chi connectivity index (χ1n) is 7.02. The van der Waals surface area contributed by atoms with E-state index < -0.39 is 0 Å². The zero-order valence-electron chi connectivity index (χ0n) is 11.4. The van der Waals surface area contributed by atoms with Gasteiger partial charge in [-0.3, -0.25) is 0 Å². The van der Waals surface area contributed by atoms with Crippen LogP contribution in [0, 0.1) is 0 Å². The van der Waals surface area contributed by atoms with Crippen molar-refractivity contribution in [1.29, 1.82) is 0 Å². The van der Waals surface area contributed by atoms with Crippen LogP contribution >= 0.6 is 0 Å². The van der Waals surface area contributed by atoms with Crippen LogP contribution in [0.5, 0.6) is 0 Å². The average molecular weight is 245 g/mol. The predicted molar refractivity (Wildman–Crippen MR) is 76.2 cm³/mol. The van der Waals surface area contributed by atoms with Crippen molar-refractivity contribution >= 4 is 5.69 Å². The van der Waals surface area contributed by atoms with Gasteiger partial charge in [-0.1, -0.05) is 12.1 Å². The van der Waals surface area contributed by atoms with E-state index in [1.807, 2.05) is 0 Å². The van der Waals surface area contributed by atoms with Gasteiger partial charge in [0.25, 0.3) is 0 Å². The molecular formula is C15H23N3. The van der Waals surface area contributed by atoms with Crippen molar-refractivity contribution in [2.24, 2.45) is 0 Å². The van der Waals surface area contributed by atoms with Gasteiger partial charge in [0.05, 0.1) is 0 Å². The molecule has 1 aromatic carbocycles. The quantitative estimate of drug-likeness (QED) is 0.808. The molecule has 3 nitrogen and oxygen atoms in total. The van der Waals surface area contributed by atoms with Gasteiger partial charge in [0.2, 0.25) is 0 Å². The molecule has 0 radical (unpaired) electrons. The summed E-state index contributed by atoms with van der Waals surface area (Å²) in [5.74, 6) is 0. The summed E-state index contributed by atoms with van der Waals surface area (Å²) in [4.78, 5) is 5.03. The number of nitrogens with zero attached hydrogens (tertiary/aromatic N) is 2. The lowest BCUT2D eigenvalue weighted by molar-refractivity contribution is 0.275. The Morgan fingerprint density at radius 3 is 3.00 bits per heavy atom. The largest absolute Gasteiger partial charge is 0.366 e. The Labute approximate surface area is 110 Å². The topological polar surface area (TPSA) is 18.5 Å². The molecule has 0 saturated carbocycles. The molecule has 2 aliphatic rings. The summed E-state index contributed by atoms with van der Waals surface area (Å²) in [5, 5.41) is 3.46. The monoisotopic (exact) mass is 245 g/mol. The zero-order chi connectivity index (χ0) is 12.5. The summed E-state index contributed by atoms with van der Waals surface area (Å²) in [5.41, 5.74) is 4.55. The second-order valence-electron chi connectivity index (χ2n) is 5.65. The number of benzene rings is 1. The van der Waals surface area contributed by atoms with E-state index in [1.54, 1.807) is 5.56 Å². The maximum atomic E-state index is 3.46. The molecule has 0 aromatic heterocycles. The zero-order valence-corrected chi connectivity index (χ0v) is 11.4. The number of hydrogen-bond donors (Lipinski definition) is 1. The maximum Gasteiger partial charge on any atom is 0.0405 e. The van der Waals surface area contributed by atoms with Gasteiger partial charge in [0.15, 0.2) is 0 Å². The minimum atomic E-state index is 0.616. The fraction of sp³-hybridized carbons (Fsp3) is 0.600. The molecule has 0 aliphatic carbocycles. The van der Waals surface area contributed by atoms with Crippen molar-refractivity contribution in [2.45, 2.75) is 25.9 Å². The van der Waals surface area contributed by atoms with Crippen LogP contribution in [-0.4, -0.2) is 44.2 Å². The minimum absolute atomic E-state index is 0.616. The molecule has 18 heavy (non-hydrogen) atoms. The summed E-state index contributed by atoms with van der Waals surface area (Å²) >= 11 is 0. The van der Waals surface area contributed by atoms with Crippen LogP contribution in [0.15, 0.2) is 18.2 Å². The SMILES string of the molecule is CC1CN(C)CCN1c1cccc2c1CCNC2. The molecular weight excluding hydrogens is 222 g/mol. The standard InChI is InChI=1S/C15H23N3/c1-12-11-17(2)8-9-18(12)15-5-3-4-13-10-16-7-6-14(13)15/h3-5,12,16H,6-11H2,1-2H3. The van der Waals surface area contributed by atoms with Crippen LogP contribution in [0.1, 0.15) is 18.1 Å². The van der Waals surface area contributed by atoms with Gasteiger partial charge in [-0.15, -0.1) is 0 Å².